The maximum atomic E-state index is 11.1. The van der Waals surface area contributed by atoms with Crippen LogP contribution in [0.2, 0.25) is 0 Å². The Morgan fingerprint density at radius 1 is 1.24 bits per heavy atom. The van der Waals surface area contributed by atoms with Gasteiger partial charge in [-0.05, 0) is 12.8 Å². The van der Waals surface area contributed by atoms with Gasteiger partial charge in [0.1, 0.15) is 0 Å². The second-order valence-electron chi connectivity index (χ2n) is 4.29. The molecule has 0 aliphatic rings. The molecule has 0 heterocycles. The highest BCUT2D eigenvalue weighted by Gasteiger charge is 2.07. The fourth-order valence-electron chi connectivity index (χ4n) is 1.12. The fourth-order valence-corrected chi connectivity index (χ4v) is 1.12. The molecule has 1 amide bonds. The van der Waals surface area contributed by atoms with Gasteiger partial charge in [-0.1, -0.05) is 46.1 Å². The number of nitrogens with one attached hydrogen (secondary N) is 1. The number of unbranched alkanes of at least 4 members (excludes halogenated alkanes) is 4. The molecule has 0 unspecified atom stereocenters. The van der Waals surface area contributed by atoms with E-state index in [1.165, 1.54) is 25.3 Å². The van der Waals surface area contributed by atoms with Crippen LogP contribution in [0.15, 0.2) is 12.2 Å². The Labute approximate surface area is 103 Å². The average Bonchev–Trinajstić information content (AvgIpc) is 2.30. The van der Waals surface area contributed by atoms with Crippen LogP contribution < -0.4 is 5.48 Å². The standard InChI is InChI=1S/C13H23NO3/c1-4-5-6-7-8-9-10-12(15)17-14-13(16)11(2)3/h9-11H,4-8H2,1-3H3,(H,14,16). The van der Waals surface area contributed by atoms with Crippen LogP contribution in [0.5, 0.6) is 0 Å². The van der Waals surface area contributed by atoms with Crippen molar-refractivity contribution >= 4 is 11.9 Å². The van der Waals surface area contributed by atoms with E-state index in [1.54, 1.807) is 19.9 Å². The quantitative estimate of drug-likeness (QED) is 0.423. The van der Waals surface area contributed by atoms with E-state index in [1.807, 2.05) is 0 Å². The van der Waals surface area contributed by atoms with E-state index in [0.717, 1.165) is 12.8 Å². The first-order valence-electron chi connectivity index (χ1n) is 6.25. The maximum Gasteiger partial charge on any atom is 0.355 e. The number of hydroxylamine groups is 1. The van der Waals surface area contributed by atoms with Gasteiger partial charge in [0.25, 0.3) is 5.91 Å². The van der Waals surface area contributed by atoms with Gasteiger partial charge in [0.2, 0.25) is 0 Å². The van der Waals surface area contributed by atoms with E-state index >= 15 is 0 Å². The predicted molar refractivity (Wildman–Crippen MR) is 67.0 cm³/mol. The predicted octanol–water partition coefficient (Wildman–Crippen LogP) is 2.74. The van der Waals surface area contributed by atoms with E-state index in [-0.39, 0.29) is 11.8 Å². The van der Waals surface area contributed by atoms with Gasteiger partial charge < -0.3 is 4.84 Å². The minimum Gasteiger partial charge on any atom is -0.336 e. The number of amides is 1. The third kappa shape index (κ3) is 9.60. The van der Waals surface area contributed by atoms with Crippen molar-refractivity contribution < 1.29 is 14.4 Å². The minimum absolute atomic E-state index is 0.194. The maximum absolute atomic E-state index is 11.1. The number of hydrogen-bond donors (Lipinski definition) is 1. The van der Waals surface area contributed by atoms with E-state index < -0.39 is 5.97 Å². The molecule has 0 saturated heterocycles. The lowest BCUT2D eigenvalue weighted by atomic mass is 10.1. The van der Waals surface area contributed by atoms with Crippen LogP contribution >= 0.6 is 0 Å². The molecular weight excluding hydrogens is 218 g/mol. The van der Waals surface area contributed by atoms with Gasteiger partial charge in [0.15, 0.2) is 0 Å². The molecule has 0 fully saturated rings. The van der Waals surface area contributed by atoms with Gasteiger partial charge in [-0.25, -0.2) is 4.79 Å². The van der Waals surface area contributed by atoms with E-state index in [9.17, 15) is 9.59 Å². The van der Waals surface area contributed by atoms with E-state index in [2.05, 4.69) is 17.2 Å². The molecule has 98 valence electrons. The summed E-state index contributed by atoms with van der Waals surface area (Å²) in [4.78, 5) is 26.8. The highest BCUT2D eigenvalue weighted by atomic mass is 16.7. The van der Waals surface area contributed by atoms with Gasteiger partial charge in [-0.15, -0.1) is 0 Å². The van der Waals surface area contributed by atoms with Gasteiger partial charge in [-0.2, -0.15) is 5.48 Å². The molecule has 0 aromatic carbocycles. The lowest BCUT2D eigenvalue weighted by molar-refractivity contribution is -0.154. The summed E-state index contributed by atoms with van der Waals surface area (Å²) >= 11 is 0. The zero-order valence-electron chi connectivity index (χ0n) is 11.0. The molecule has 0 aliphatic carbocycles. The molecule has 1 N–H and O–H groups in total. The Kier molecular flexibility index (Phi) is 9.11. The largest absolute Gasteiger partial charge is 0.355 e. The topological polar surface area (TPSA) is 55.4 Å². The lowest BCUT2D eigenvalue weighted by Crippen LogP contribution is -2.29. The summed E-state index contributed by atoms with van der Waals surface area (Å²) in [5, 5.41) is 0. The van der Waals surface area contributed by atoms with Crippen LogP contribution in [-0.4, -0.2) is 11.9 Å². The van der Waals surface area contributed by atoms with Crippen LogP contribution in [0.3, 0.4) is 0 Å². The fraction of sp³-hybridized carbons (Fsp3) is 0.692. The number of allylic oxidation sites excluding steroid dienone is 1. The highest BCUT2D eigenvalue weighted by Crippen LogP contribution is 2.02. The van der Waals surface area contributed by atoms with Crippen molar-refractivity contribution in [2.45, 2.75) is 52.9 Å². The Morgan fingerprint density at radius 3 is 2.53 bits per heavy atom. The molecule has 4 heteroatoms. The molecule has 0 spiro atoms. The smallest absolute Gasteiger partial charge is 0.336 e. The van der Waals surface area contributed by atoms with Crippen molar-refractivity contribution in [3.63, 3.8) is 0 Å². The zero-order valence-corrected chi connectivity index (χ0v) is 11.0. The molecule has 0 saturated carbocycles. The summed E-state index contributed by atoms with van der Waals surface area (Å²) < 4.78 is 0. The van der Waals surface area contributed by atoms with E-state index in [0.29, 0.717) is 0 Å². The van der Waals surface area contributed by atoms with Gasteiger partial charge in [0.05, 0.1) is 0 Å². The molecule has 0 atom stereocenters. The Hall–Kier alpha value is -1.32. The second kappa shape index (κ2) is 9.87. The van der Waals surface area contributed by atoms with Crippen LogP contribution in [0, 0.1) is 5.92 Å². The summed E-state index contributed by atoms with van der Waals surface area (Å²) in [6.45, 7) is 5.62. The minimum atomic E-state index is -0.533. The summed E-state index contributed by atoms with van der Waals surface area (Å²) in [6.07, 6.45) is 8.69. The molecule has 4 nitrogen and oxygen atoms in total. The number of rotatable bonds is 7. The third-order valence-electron chi connectivity index (χ3n) is 2.25. The average molecular weight is 241 g/mol. The third-order valence-corrected chi connectivity index (χ3v) is 2.25. The molecule has 0 aliphatic heterocycles. The Balaban J connectivity index is 3.58. The number of carbonyl (C=O) groups excluding carboxylic acids is 2. The summed E-state index contributed by atoms with van der Waals surface area (Å²) in [5.41, 5.74) is 2.10. The van der Waals surface area contributed by atoms with Crippen LogP contribution in [-0.2, 0) is 14.4 Å². The van der Waals surface area contributed by atoms with Crippen molar-refractivity contribution in [3.05, 3.63) is 12.2 Å². The SMILES string of the molecule is CCCCCCC=CC(=O)ONC(=O)C(C)C. The summed E-state index contributed by atoms with van der Waals surface area (Å²) in [5.74, 6) is -1.02. The van der Waals surface area contributed by atoms with Gasteiger partial charge >= 0.3 is 5.97 Å². The number of carbonyl (C=O) groups is 2. The van der Waals surface area contributed by atoms with Crippen molar-refractivity contribution in [3.8, 4) is 0 Å². The van der Waals surface area contributed by atoms with Crippen molar-refractivity contribution in [2.24, 2.45) is 5.92 Å². The molecule has 0 aromatic heterocycles. The first kappa shape index (κ1) is 15.7. The molecule has 0 aromatic rings. The summed E-state index contributed by atoms with van der Waals surface area (Å²) in [6, 6.07) is 0. The van der Waals surface area contributed by atoms with E-state index in [4.69, 9.17) is 0 Å². The second-order valence-corrected chi connectivity index (χ2v) is 4.29. The summed E-state index contributed by atoms with van der Waals surface area (Å²) in [7, 11) is 0. The van der Waals surface area contributed by atoms with Crippen molar-refractivity contribution in [2.75, 3.05) is 0 Å². The van der Waals surface area contributed by atoms with Gasteiger partial charge in [-0.3, -0.25) is 4.79 Å². The van der Waals surface area contributed by atoms with Crippen LogP contribution in [0.25, 0.3) is 0 Å². The Bertz CT molecular complexity index is 259. The monoisotopic (exact) mass is 241 g/mol. The molecular formula is C13H23NO3. The normalized spacial score (nSPS) is 10.8. The van der Waals surface area contributed by atoms with Crippen molar-refractivity contribution in [1.82, 2.24) is 5.48 Å². The lowest BCUT2D eigenvalue weighted by Gasteiger charge is -2.05. The van der Waals surface area contributed by atoms with Crippen LogP contribution in [0.4, 0.5) is 0 Å². The first-order valence-corrected chi connectivity index (χ1v) is 6.25. The molecule has 17 heavy (non-hydrogen) atoms. The first-order chi connectivity index (χ1) is 8.07. The van der Waals surface area contributed by atoms with Crippen LogP contribution in [0.1, 0.15) is 52.9 Å². The Morgan fingerprint density at radius 2 is 1.94 bits per heavy atom. The molecule has 0 rings (SSSR count). The van der Waals surface area contributed by atoms with Crippen molar-refractivity contribution in [1.29, 1.82) is 0 Å². The number of hydrogen-bond acceptors (Lipinski definition) is 3. The molecule has 0 bridgehead atoms. The van der Waals surface area contributed by atoms with Gasteiger partial charge in [0, 0.05) is 12.0 Å². The zero-order chi connectivity index (χ0) is 13.1. The molecule has 0 radical (unpaired) electrons. The highest BCUT2D eigenvalue weighted by molar-refractivity contribution is 5.84.